The van der Waals surface area contributed by atoms with Crippen LogP contribution >= 0.6 is 0 Å². The minimum Gasteiger partial charge on any atom is -0.455 e. The van der Waals surface area contributed by atoms with Crippen molar-refractivity contribution < 1.29 is 33.8 Å². The number of benzene rings is 2. The first-order valence-corrected chi connectivity index (χ1v) is 17.1. The molecule has 2 aromatic carbocycles. The van der Waals surface area contributed by atoms with Gasteiger partial charge in [-0.2, -0.15) is 0 Å². The highest BCUT2D eigenvalue weighted by atomic mass is 16.6. The molecule has 2 aromatic rings. The summed E-state index contributed by atoms with van der Waals surface area (Å²) in [6.07, 6.45) is 8.10. The van der Waals surface area contributed by atoms with E-state index in [1.165, 1.54) is 4.90 Å². The fourth-order valence-corrected chi connectivity index (χ4v) is 7.77. The van der Waals surface area contributed by atoms with Crippen LogP contribution in [0.5, 0.6) is 0 Å². The molecule has 10 heteroatoms. The monoisotopic (exact) mass is 655 g/mol. The normalized spacial score (nSPS) is 31.8. The number of allylic oxidation sites excluding steroid dienone is 1. The number of carbonyl (C=O) groups excluding carboxylic acids is 4. The molecule has 8 atom stereocenters. The average molecular weight is 656 g/mol. The highest BCUT2D eigenvalue weighted by Gasteiger charge is 2.72. The van der Waals surface area contributed by atoms with E-state index in [0.717, 1.165) is 18.4 Å². The second-order valence-electron chi connectivity index (χ2n) is 13.2. The summed E-state index contributed by atoms with van der Waals surface area (Å²) in [5, 5.41) is 13.7. The van der Waals surface area contributed by atoms with Gasteiger partial charge < -0.3 is 29.7 Å². The Balaban J connectivity index is 1.45. The number of aliphatic hydroxyl groups is 1. The number of nitrogens with zero attached hydrogens (tertiary/aromatic N) is 2. The van der Waals surface area contributed by atoms with Gasteiger partial charge in [0.1, 0.15) is 23.7 Å². The molecule has 6 rings (SSSR count). The largest absolute Gasteiger partial charge is 0.455 e. The number of cyclic esters (lactones) is 1. The van der Waals surface area contributed by atoms with Crippen molar-refractivity contribution in [2.45, 2.75) is 81.9 Å². The molecule has 10 nitrogen and oxygen atoms in total. The van der Waals surface area contributed by atoms with Crippen LogP contribution in [0.3, 0.4) is 0 Å². The van der Waals surface area contributed by atoms with Gasteiger partial charge in [0.05, 0.1) is 30.7 Å². The number of rotatable bonds is 8. The van der Waals surface area contributed by atoms with E-state index < -0.39 is 59.6 Å². The molecule has 4 aliphatic rings. The molecule has 4 aliphatic heterocycles. The van der Waals surface area contributed by atoms with Gasteiger partial charge in [-0.25, -0.2) is 0 Å². The number of unbranched alkanes of at least 4 members (excludes halogenated alkanes) is 1. The number of amides is 3. The quantitative estimate of drug-likeness (QED) is 0.330. The van der Waals surface area contributed by atoms with E-state index in [4.69, 9.17) is 9.47 Å². The Hall–Kier alpha value is -4.28. The Morgan fingerprint density at radius 1 is 1.00 bits per heavy atom. The molecular weight excluding hydrogens is 610 g/mol. The molecule has 2 N–H and O–H groups in total. The second kappa shape index (κ2) is 14.5. The summed E-state index contributed by atoms with van der Waals surface area (Å²) in [6, 6.07) is 16.4. The van der Waals surface area contributed by atoms with Crippen molar-refractivity contribution in [1.82, 2.24) is 15.1 Å². The lowest BCUT2D eigenvalue weighted by Crippen LogP contribution is -2.58. The summed E-state index contributed by atoms with van der Waals surface area (Å²) in [5.41, 5.74) is 0.136. The molecule has 48 heavy (non-hydrogen) atoms. The van der Waals surface area contributed by atoms with Gasteiger partial charge in [-0.3, -0.25) is 19.2 Å². The Morgan fingerprint density at radius 3 is 2.44 bits per heavy atom. The fraction of sp³-hybridized carbons (Fsp3) is 0.474. The molecule has 254 valence electrons. The third kappa shape index (κ3) is 6.31. The maximum Gasteiger partial charge on any atom is 0.313 e. The Kier molecular flexibility index (Phi) is 10.1. The van der Waals surface area contributed by atoms with E-state index in [1.54, 1.807) is 30.1 Å². The number of likely N-dealkylation sites (tertiary alicyclic amines) is 1. The standard InChI is InChI=1S/C38H45N3O7/c1-3-4-21-40-22-13-20-38-32(35(44)41(34(38)36(40)45)28(24-42)23-26-14-7-5-8-15-26)31-29(48-38)18-11-12-19-30(43)39-25(2)33(47-37(31)46)27-16-9-6-10-17-27/h5-11,13-18,20,25,28-29,31-34,42H,3-4,12,19,21-24H2,1-2H3,(H,39,43)/b18-11-/t25-,28+,29-,31+,32+,33+,34-,38+/m0/s1. The third-order valence-electron chi connectivity index (χ3n) is 10.1. The zero-order valence-electron chi connectivity index (χ0n) is 27.6. The minimum absolute atomic E-state index is 0.173. The van der Waals surface area contributed by atoms with E-state index in [-0.39, 0.29) is 24.8 Å². The Bertz CT molecular complexity index is 1550. The summed E-state index contributed by atoms with van der Waals surface area (Å²) in [7, 11) is 0. The van der Waals surface area contributed by atoms with Crippen molar-refractivity contribution in [3.63, 3.8) is 0 Å². The lowest BCUT2D eigenvalue weighted by molar-refractivity contribution is -0.162. The lowest BCUT2D eigenvalue weighted by Gasteiger charge is -2.38. The van der Waals surface area contributed by atoms with E-state index in [9.17, 15) is 24.3 Å². The Labute approximate surface area is 281 Å². The molecule has 3 amide bonds. The first kappa shape index (κ1) is 33.6. The number of hydrogen-bond acceptors (Lipinski definition) is 7. The van der Waals surface area contributed by atoms with Gasteiger partial charge >= 0.3 is 5.97 Å². The van der Waals surface area contributed by atoms with Gasteiger partial charge in [0.15, 0.2) is 0 Å². The van der Waals surface area contributed by atoms with Gasteiger partial charge in [-0.05, 0) is 37.3 Å². The lowest BCUT2D eigenvalue weighted by atomic mass is 9.77. The first-order chi connectivity index (χ1) is 23.3. The molecule has 0 aliphatic carbocycles. The highest BCUT2D eigenvalue weighted by molar-refractivity contribution is 5.99. The topological polar surface area (TPSA) is 125 Å². The zero-order valence-corrected chi connectivity index (χ0v) is 27.6. The average Bonchev–Trinajstić information content (AvgIpc) is 3.49. The summed E-state index contributed by atoms with van der Waals surface area (Å²) >= 11 is 0. The molecule has 0 unspecified atom stereocenters. The first-order valence-electron chi connectivity index (χ1n) is 17.1. The van der Waals surface area contributed by atoms with Gasteiger partial charge in [0.25, 0.3) is 0 Å². The number of esters is 1. The molecule has 0 radical (unpaired) electrons. The molecule has 2 fully saturated rings. The molecule has 0 aromatic heterocycles. The fourth-order valence-electron chi connectivity index (χ4n) is 7.77. The van der Waals surface area contributed by atoms with Crippen LogP contribution in [0.4, 0.5) is 0 Å². The van der Waals surface area contributed by atoms with Gasteiger partial charge in [0, 0.05) is 19.5 Å². The zero-order chi connectivity index (χ0) is 33.8. The summed E-state index contributed by atoms with van der Waals surface area (Å²) in [6.45, 7) is 4.32. The van der Waals surface area contributed by atoms with Gasteiger partial charge in [-0.1, -0.05) is 98.3 Å². The van der Waals surface area contributed by atoms with Crippen LogP contribution in [0, 0.1) is 11.8 Å². The summed E-state index contributed by atoms with van der Waals surface area (Å²) < 4.78 is 13.1. The maximum atomic E-state index is 14.9. The van der Waals surface area contributed by atoms with E-state index in [0.29, 0.717) is 31.5 Å². The van der Waals surface area contributed by atoms with Crippen molar-refractivity contribution in [2.75, 3.05) is 19.7 Å². The van der Waals surface area contributed by atoms with Crippen LogP contribution in [0.2, 0.25) is 0 Å². The van der Waals surface area contributed by atoms with Crippen LogP contribution in [0.25, 0.3) is 0 Å². The number of hydrogen-bond donors (Lipinski definition) is 2. The van der Waals surface area contributed by atoms with E-state index in [2.05, 4.69) is 12.2 Å². The number of fused-ring (bicyclic) bond motifs is 2. The van der Waals surface area contributed by atoms with Gasteiger partial charge in [0.2, 0.25) is 17.7 Å². The molecule has 2 saturated heterocycles. The minimum atomic E-state index is -1.47. The molecular formula is C38H45N3O7. The maximum absolute atomic E-state index is 14.9. The number of carbonyl (C=O) groups is 4. The van der Waals surface area contributed by atoms with Crippen molar-refractivity contribution >= 4 is 23.7 Å². The number of aliphatic hydroxyl groups excluding tert-OH is 1. The molecule has 0 saturated carbocycles. The number of nitrogens with one attached hydrogen (secondary N) is 1. The van der Waals surface area contributed by atoms with Crippen molar-refractivity contribution in [3.05, 3.63) is 96.1 Å². The molecule has 1 spiro atoms. The summed E-state index contributed by atoms with van der Waals surface area (Å²) in [5.74, 6) is -3.67. The van der Waals surface area contributed by atoms with E-state index in [1.807, 2.05) is 66.7 Å². The van der Waals surface area contributed by atoms with Crippen molar-refractivity contribution in [2.24, 2.45) is 11.8 Å². The summed E-state index contributed by atoms with van der Waals surface area (Å²) in [4.78, 5) is 60.0. The van der Waals surface area contributed by atoms with E-state index >= 15 is 0 Å². The van der Waals surface area contributed by atoms with Gasteiger partial charge in [-0.15, -0.1) is 0 Å². The van der Waals surface area contributed by atoms with Crippen LogP contribution in [0.15, 0.2) is 85.0 Å². The Morgan fingerprint density at radius 2 is 1.73 bits per heavy atom. The SMILES string of the molecule is CCCCN1CC=C[C@@]23O[C@H]4/C=C\CCC(=O)N[C@@H](C)[C@H](c5ccccc5)OC(=O)[C@H]4[C@@H]2C(=O)N([C@@H](CO)Cc2ccccc2)[C@H]3C1=O. The predicted molar refractivity (Wildman–Crippen MR) is 178 cm³/mol. The van der Waals surface area contributed by atoms with Crippen molar-refractivity contribution in [3.8, 4) is 0 Å². The highest BCUT2D eigenvalue weighted by Crippen LogP contribution is 2.54. The van der Waals surface area contributed by atoms with Crippen LogP contribution < -0.4 is 5.32 Å². The van der Waals surface area contributed by atoms with Crippen molar-refractivity contribution in [1.29, 1.82) is 0 Å². The molecule has 0 bridgehead atoms. The second-order valence-corrected chi connectivity index (χ2v) is 13.2. The number of ether oxygens (including phenoxy) is 2. The molecule has 4 heterocycles. The third-order valence-corrected chi connectivity index (χ3v) is 10.1. The van der Waals surface area contributed by atoms with Crippen LogP contribution in [-0.4, -0.2) is 88.1 Å². The predicted octanol–water partition coefficient (Wildman–Crippen LogP) is 3.51. The smallest absolute Gasteiger partial charge is 0.313 e. The van der Waals surface area contributed by atoms with Crippen LogP contribution in [0.1, 0.15) is 56.8 Å². The van der Waals surface area contributed by atoms with Crippen LogP contribution in [-0.2, 0) is 35.1 Å².